The van der Waals surface area contributed by atoms with Crippen LogP contribution in [0, 0.1) is 0 Å². The first-order valence-electron chi connectivity index (χ1n) is 5.42. The van der Waals surface area contributed by atoms with Crippen LogP contribution in [-0.2, 0) is 6.54 Å². The molecule has 1 heterocycles. The van der Waals surface area contributed by atoms with Crippen LogP contribution in [0.25, 0.3) is 0 Å². The molecule has 1 aromatic carbocycles. The molecule has 0 fully saturated rings. The van der Waals surface area contributed by atoms with Crippen molar-refractivity contribution in [2.75, 3.05) is 17.7 Å². The van der Waals surface area contributed by atoms with E-state index in [1.165, 1.54) is 0 Å². The second-order valence-corrected chi connectivity index (χ2v) is 5.90. The summed E-state index contributed by atoms with van der Waals surface area (Å²) in [6, 6.07) is 7.95. The average molecular weight is 371 g/mol. The lowest BCUT2D eigenvalue weighted by Gasteiger charge is -2.21. The topological polar surface area (TPSA) is 42.2 Å². The highest BCUT2D eigenvalue weighted by Crippen LogP contribution is 2.27. The van der Waals surface area contributed by atoms with E-state index >= 15 is 0 Å². The van der Waals surface area contributed by atoms with Crippen molar-refractivity contribution in [3.63, 3.8) is 0 Å². The highest BCUT2D eigenvalue weighted by atomic mass is 79.9. The molecule has 5 heteroatoms. The molecule has 0 radical (unpaired) electrons. The second-order valence-electron chi connectivity index (χ2n) is 4.07. The lowest BCUT2D eigenvalue weighted by atomic mass is 10.2. The van der Waals surface area contributed by atoms with Gasteiger partial charge in [0.25, 0.3) is 0 Å². The standard InChI is InChI=1S/C13H13Br2N3/c1-18(8-9-4-11(15)7-17-6-9)13-3-2-10(14)5-12(13)16/h2-7H,8,16H2,1H3. The predicted octanol–water partition coefficient (Wildman–Crippen LogP) is 3.83. The molecule has 0 unspecified atom stereocenters. The molecule has 2 aromatic rings. The van der Waals surface area contributed by atoms with E-state index in [1.54, 1.807) is 6.20 Å². The molecular formula is C13H13Br2N3. The summed E-state index contributed by atoms with van der Waals surface area (Å²) < 4.78 is 1.97. The molecule has 94 valence electrons. The van der Waals surface area contributed by atoms with Gasteiger partial charge in [0.15, 0.2) is 0 Å². The van der Waals surface area contributed by atoms with Gasteiger partial charge < -0.3 is 10.6 Å². The normalized spacial score (nSPS) is 10.4. The van der Waals surface area contributed by atoms with E-state index in [9.17, 15) is 0 Å². The highest BCUT2D eigenvalue weighted by Gasteiger charge is 2.07. The van der Waals surface area contributed by atoms with Gasteiger partial charge in [0.05, 0.1) is 11.4 Å². The Hall–Kier alpha value is -1.07. The smallest absolute Gasteiger partial charge is 0.0601 e. The van der Waals surface area contributed by atoms with Crippen LogP contribution < -0.4 is 10.6 Å². The van der Waals surface area contributed by atoms with Gasteiger partial charge in [-0.05, 0) is 45.8 Å². The van der Waals surface area contributed by atoms with E-state index in [0.29, 0.717) is 0 Å². The van der Waals surface area contributed by atoms with Crippen molar-refractivity contribution in [1.29, 1.82) is 0 Å². The van der Waals surface area contributed by atoms with Crippen LogP contribution in [0.1, 0.15) is 5.56 Å². The highest BCUT2D eigenvalue weighted by molar-refractivity contribution is 9.10. The van der Waals surface area contributed by atoms with Gasteiger partial charge in [-0.3, -0.25) is 4.98 Å². The Bertz CT molecular complexity index is 558. The number of aromatic nitrogens is 1. The van der Waals surface area contributed by atoms with Crippen molar-refractivity contribution in [3.8, 4) is 0 Å². The molecule has 2 rings (SSSR count). The van der Waals surface area contributed by atoms with Crippen molar-refractivity contribution < 1.29 is 0 Å². The number of hydrogen-bond acceptors (Lipinski definition) is 3. The number of nitrogens with two attached hydrogens (primary N) is 1. The van der Waals surface area contributed by atoms with E-state index in [0.717, 1.165) is 32.4 Å². The molecule has 0 aliphatic rings. The first-order valence-corrected chi connectivity index (χ1v) is 7.00. The Morgan fingerprint density at radius 1 is 1.17 bits per heavy atom. The van der Waals surface area contributed by atoms with Crippen LogP contribution in [0.3, 0.4) is 0 Å². The number of benzene rings is 1. The number of nitrogen functional groups attached to an aromatic ring is 1. The van der Waals surface area contributed by atoms with Crippen LogP contribution in [-0.4, -0.2) is 12.0 Å². The molecular weight excluding hydrogens is 358 g/mol. The molecule has 18 heavy (non-hydrogen) atoms. The molecule has 0 atom stereocenters. The maximum absolute atomic E-state index is 6.01. The van der Waals surface area contributed by atoms with Crippen molar-refractivity contribution >= 4 is 43.2 Å². The van der Waals surface area contributed by atoms with Gasteiger partial charge in [0.2, 0.25) is 0 Å². The summed E-state index contributed by atoms with van der Waals surface area (Å²) in [7, 11) is 2.01. The molecule has 1 aromatic heterocycles. The summed E-state index contributed by atoms with van der Waals surface area (Å²) in [5, 5.41) is 0. The maximum Gasteiger partial charge on any atom is 0.0601 e. The van der Waals surface area contributed by atoms with Gasteiger partial charge in [-0.2, -0.15) is 0 Å². The quantitative estimate of drug-likeness (QED) is 0.835. The molecule has 0 aliphatic heterocycles. The van der Waals surface area contributed by atoms with Crippen LogP contribution >= 0.6 is 31.9 Å². The number of pyridine rings is 1. The predicted molar refractivity (Wildman–Crippen MR) is 82.6 cm³/mol. The zero-order valence-electron chi connectivity index (χ0n) is 9.90. The Balaban J connectivity index is 2.19. The number of hydrogen-bond donors (Lipinski definition) is 1. The summed E-state index contributed by atoms with van der Waals surface area (Å²) in [4.78, 5) is 6.26. The monoisotopic (exact) mass is 369 g/mol. The molecule has 0 aliphatic carbocycles. The Morgan fingerprint density at radius 3 is 2.61 bits per heavy atom. The molecule has 3 nitrogen and oxygen atoms in total. The lowest BCUT2D eigenvalue weighted by Crippen LogP contribution is -2.17. The van der Waals surface area contributed by atoms with Gasteiger partial charge in [-0.15, -0.1) is 0 Å². The van der Waals surface area contributed by atoms with E-state index in [1.807, 2.05) is 31.4 Å². The Labute approximate surface area is 123 Å². The zero-order chi connectivity index (χ0) is 13.1. The van der Waals surface area contributed by atoms with Crippen LogP contribution in [0.15, 0.2) is 45.6 Å². The van der Waals surface area contributed by atoms with E-state index < -0.39 is 0 Å². The van der Waals surface area contributed by atoms with Gasteiger partial charge in [0.1, 0.15) is 0 Å². The van der Waals surface area contributed by atoms with Gasteiger partial charge in [-0.1, -0.05) is 15.9 Å². The third kappa shape index (κ3) is 3.23. The van der Waals surface area contributed by atoms with Gasteiger partial charge in [-0.25, -0.2) is 0 Å². The summed E-state index contributed by atoms with van der Waals surface area (Å²) in [6.07, 6.45) is 3.63. The minimum Gasteiger partial charge on any atom is -0.397 e. The molecule has 0 spiro atoms. The lowest BCUT2D eigenvalue weighted by molar-refractivity contribution is 0.915. The van der Waals surface area contributed by atoms with Crippen LogP contribution in [0.5, 0.6) is 0 Å². The largest absolute Gasteiger partial charge is 0.397 e. The number of nitrogens with zero attached hydrogens (tertiary/aromatic N) is 2. The SMILES string of the molecule is CN(Cc1cncc(Br)c1)c1ccc(Br)cc1N. The van der Waals surface area contributed by atoms with E-state index in [2.05, 4.69) is 47.8 Å². The third-order valence-electron chi connectivity index (χ3n) is 2.58. The first kappa shape index (κ1) is 13.4. The zero-order valence-corrected chi connectivity index (χ0v) is 13.1. The molecule has 0 bridgehead atoms. The van der Waals surface area contributed by atoms with Crippen molar-refractivity contribution in [3.05, 3.63) is 51.2 Å². The summed E-state index contributed by atoms with van der Waals surface area (Å²) in [5.74, 6) is 0. The van der Waals surface area contributed by atoms with Crippen LogP contribution in [0.4, 0.5) is 11.4 Å². The van der Waals surface area contributed by atoms with Crippen molar-refractivity contribution in [2.24, 2.45) is 0 Å². The molecule has 2 N–H and O–H groups in total. The molecule has 0 amide bonds. The third-order valence-corrected chi connectivity index (χ3v) is 3.51. The number of rotatable bonds is 3. The fourth-order valence-corrected chi connectivity index (χ4v) is 2.57. The Kier molecular flexibility index (Phi) is 4.24. The fourth-order valence-electron chi connectivity index (χ4n) is 1.77. The first-order chi connectivity index (χ1) is 8.56. The molecule has 0 saturated carbocycles. The number of anilines is 2. The minimum atomic E-state index is 0.759. The summed E-state index contributed by atoms with van der Waals surface area (Å²) in [6.45, 7) is 0.762. The van der Waals surface area contributed by atoms with E-state index in [-0.39, 0.29) is 0 Å². The summed E-state index contributed by atoms with van der Waals surface area (Å²) >= 11 is 6.83. The maximum atomic E-state index is 6.01. The minimum absolute atomic E-state index is 0.759. The molecule has 0 saturated heterocycles. The average Bonchev–Trinajstić information content (AvgIpc) is 2.28. The van der Waals surface area contributed by atoms with Gasteiger partial charge >= 0.3 is 0 Å². The second kappa shape index (κ2) is 5.71. The summed E-state index contributed by atoms with van der Waals surface area (Å²) in [5.41, 5.74) is 8.91. The van der Waals surface area contributed by atoms with E-state index in [4.69, 9.17) is 5.73 Å². The van der Waals surface area contributed by atoms with Crippen LogP contribution in [0.2, 0.25) is 0 Å². The van der Waals surface area contributed by atoms with Crippen molar-refractivity contribution in [2.45, 2.75) is 6.54 Å². The fraction of sp³-hybridized carbons (Fsp3) is 0.154. The Morgan fingerprint density at radius 2 is 1.94 bits per heavy atom. The number of halogens is 2. The van der Waals surface area contributed by atoms with Gasteiger partial charge in [0, 0.05) is 34.9 Å². The van der Waals surface area contributed by atoms with Crippen molar-refractivity contribution in [1.82, 2.24) is 4.98 Å².